The van der Waals surface area contributed by atoms with Gasteiger partial charge in [0, 0.05) is 17.8 Å². The molecule has 0 spiro atoms. The molecule has 1 heterocycles. The first-order chi connectivity index (χ1) is 9.70. The fourth-order valence-corrected chi connectivity index (χ4v) is 2.71. The molecule has 20 heavy (non-hydrogen) atoms. The summed E-state index contributed by atoms with van der Waals surface area (Å²) in [5.41, 5.74) is 9.41. The topological polar surface area (TPSA) is 53.1 Å². The number of hydrogen-bond donors (Lipinski definition) is 1. The Balaban J connectivity index is 2.09. The lowest BCUT2D eigenvalue weighted by Crippen LogP contribution is -2.09. The molecule has 3 rings (SSSR count). The first-order valence-corrected chi connectivity index (χ1v) is 6.98. The number of aromatic nitrogens is 2. The summed E-state index contributed by atoms with van der Waals surface area (Å²) in [5.74, 6) is -0.197. The van der Waals surface area contributed by atoms with Crippen molar-refractivity contribution in [2.24, 2.45) is 0 Å². The summed E-state index contributed by atoms with van der Waals surface area (Å²) in [4.78, 5) is 4.45. The van der Waals surface area contributed by atoms with E-state index < -0.39 is 5.82 Å². The van der Waals surface area contributed by atoms with Crippen molar-refractivity contribution < 1.29 is 9.13 Å². The van der Waals surface area contributed by atoms with Gasteiger partial charge in [0.2, 0.25) is 0 Å². The van der Waals surface area contributed by atoms with Crippen molar-refractivity contribution in [1.29, 1.82) is 0 Å². The summed E-state index contributed by atoms with van der Waals surface area (Å²) in [6.07, 6.45) is 6.08. The molecule has 0 unspecified atom stereocenters. The second kappa shape index (κ2) is 5.15. The molecule has 2 aromatic rings. The number of ether oxygens (including phenoxy) is 1. The standard InChI is InChI=1S/C15H18FN3O/c1-2-20-15-8-14(11(17)7-10(15)16)19-9-18-12-5-3-4-6-13(12)19/h7-9H,2-6,17H2,1H3. The highest BCUT2D eigenvalue weighted by molar-refractivity contribution is 5.62. The third kappa shape index (κ3) is 2.13. The van der Waals surface area contributed by atoms with Crippen LogP contribution in [0.4, 0.5) is 10.1 Å². The Hall–Kier alpha value is -2.04. The maximum Gasteiger partial charge on any atom is 0.167 e. The van der Waals surface area contributed by atoms with Gasteiger partial charge in [0.05, 0.1) is 30.0 Å². The van der Waals surface area contributed by atoms with Crippen molar-refractivity contribution in [3.05, 3.63) is 35.7 Å². The Morgan fingerprint density at radius 3 is 2.95 bits per heavy atom. The lowest BCUT2D eigenvalue weighted by molar-refractivity contribution is 0.321. The number of benzene rings is 1. The van der Waals surface area contributed by atoms with Crippen molar-refractivity contribution in [3.63, 3.8) is 0 Å². The van der Waals surface area contributed by atoms with Gasteiger partial charge in [0.15, 0.2) is 11.6 Å². The van der Waals surface area contributed by atoms with Crippen molar-refractivity contribution in [1.82, 2.24) is 9.55 Å². The van der Waals surface area contributed by atoms with E-state index in [0.29, 0.717) is 12.3 Å². The van der Waals surface area contributed by atoms with E-state index in [2.05, 4.69) is 4.98 Å². The molecular weight excluding hydrogens is 257 g/mol. The van der Waals surface area contributed by atoms with Crippen LogP contribution in [-0.2, 0) is 12.8 Å². The molecule has 0 fully saturated rings. The van der Waals surface area contributed by atoms with Crippen LogP contribution in [0.2, 0.25) is 0 Å². The van der Waals surface area contributed by atoms with Gasteiger partial charge in [0.1, 0.15) is 0 Å². The van der Waals surface area contributed by atoms with Crippen molar-refractivity contribution >= 4 is 5.69 Å². The zero-order valence-corrected chi connectivity index (χ0v) is 11.5. The monoisotopic (exact) mass is 275 g/mol. The Kier molecular flexibility index (Phi) is 3.34. The molecular formula is C15H18FN3O. The van der Waals surface area contributed by atoms with Crippen molar-refractivity contribution in [2.75, 3.05) is 12.3 Å². The number of rotatable bonds is 3. The number of hydrogen-bond acceptors (Lipinski definition) is 3. The van der Waals surface area contributed by atoms with E-state index in [1.54, 1.807) is 12.4 Å². The van der Waals surface area contributed by atoms with Gasteiger partial charge in [0.25, 0.3) is 0 Å². The summed E-state index contributed by atoms with van der Waals surface area (Å²) in [6, 6.07) is 2.97. The maximum atomic E-state index is 13.8. The largest absolute Gasteiger partial charge is 0.491 e. The number of halogens is 1. The smallest absolute Gasteiger partial charge is 0.167 e. The molecule has 0 saturated heterocycles. The van der Waals surface area contributed by atoms with E-state index >= 15 is 0 Å². The third-order valence-corrected chi connectivity index (χ3v) is 3.67. The number of nitrogens with zero attached hydrogens (tertiary/aromatic N) is 2. The quantitative estimate of drug-likeness (QED) is 0.876. The summed E-state index contributed by atoms with van der Waals surface area (Å²) >= 11 is 0. The minimum atomic E-state index is -0.429. The maximum absolute atomic E-state index is 13.8. The van der Waals surface area contributed by atoms with E-state index in [-0.39, 0.29) is 5.75 Å². The van der Waals surface area contributed by atoms with Crippen LogP contribution in [0.1, 0.15) is 31.2 Å². The van der Waals surface area contributed by atoms with Gasteiger partial charge in [-0.3, -0.25) is 0 Å². The Morgan fingerprint density at radius 2 is 2.15 bits per heavy atom. The number of nitrogens with two attached hydrogens (primary N) is 1. The highest BCUT2D eigenvalue weighted by Gasteiger charge is 2.18. The highest BCUT2D eigenvalue weighted by Crippen LogP contribution is 2.30. The predicted molar refractivity (Wildman–Crippen MR) is 75.7 cm³/mol. The van der Waals surface area contributed by atoms with Crippen LogP contribution < -0.4 is 10.5 Å². The van der Waals surface area contributed by atoms with E-state index in [1.807, 2.05) is 11.5 Å². The van der Waals surface area contributed by atoms with Crippen LogP contribution in [0.3, 0.4) is 0 Å². The minimum Gasteiger partial charge on any atom is -0.491 e. The van der Waals surface area contributed by atoms with E-state index in [9.17, 15) is 4.39 Å². The second-order valence-corrected chi connectivity index (χ2v) is 4.99. The van der Waals surface area contributed by atoms with Crippen LogP contribution in [0.5, 0.6) is 5.75 Å². The molecule has 1 aromatic carbocycles. The van der Waals surface area contributed by atoms with Gasteiger partial charge in [-0.15, -0.1) is 0 Å². The van der Waals surface area contributed by atoms with Gasteiger partial charge in [-0.25, -0.2) is 9.37 Å². The van der Waals surface area contributed by atoms with Crippen molar-refractivity contribution in [2.45, 2.75) is 32.6 Å². The minimum absolute atomic E-state index is 0.231. The van der Waals surface area contributed by atoms with Crippen LogP contribution in [0.15, 0.2) is 18.5 Å². The van der Waals surface area contributed by atoms with Gasteiger partial charge in [-0.1, -0.05) is 0 Å². The average Bonchev–Trinajstić information content (AvgIpc) is 2.86. The predicted octanol–water partition coefficient (Wildman–Crippen LogP) is 2.87. The molecule has 1 aromatic heterocycles. The first kappa shape index (κ1) is 13.0. The number of nitrogen functional groups attached to an aromatic ring is 1. The van der Waals surface area contributed by atoms with E-state index in [0.717, 1.165) is 30.6 Å². The molecule has 5 heteroatoms. The summed E-state index contributed by atoms with van der Waals surface area (Å²) in [7, 11) is 0. The molecule has 0 atom stereocenters. The molecule has 1 aliphatic carbocycles. The summed E-state index contributed by atoms with van der Waals surface area (Å²) in [5, 5.41) is 0. The number of aryl methyl sites for hydroxylation is 1. The van der Waals surface area contributed by atoms with E-state index in [1.165, 1.54) is 18.2 Å². The fourth-order valence-electron chi connectivity index (χ4n) is 2.71. The fraction of sp³-hybridized carbons (Fsp3) is 0.400. The molecule has 4 nitrogen and oxygen atoms in total. The summed E-state index contributed by atoms with van der Waals surface area (Å²) in [6.45, 7) is 2.25. The van der Waals surface area contributed by atoms with Crippen LogP contribution in [0.25, 0.3) is 5.69 Å². The zero-order valence-electron chi connectivity index (χ0n) is 11.5. The van der Waals surface area contributed by atoms with E-state index in [4.69, 9.17) is 10.5 Å². The van der Waals surface area contributed by atoms with Gasteiger partial charge in [-0.05, 0) is 32.6 Å². The normalized spacial score (nSPS) is 14.1. The Morgan fingerprint density at radius 1 is 1.35 bits per heavy atom. The molecule has 0 saturated carbocycles. The molecule has 106 valence electrons. The van der Waals surface area contributed by atoms with Gasteiger partial charge >= 0.3 is 0 Å². The highest BCUT2D eigenvalue weighted by atomic mass is 19.1. The Labute approximate surface area is 117 Å². The van der Waals surface area contributed by atoms with Gasteiger partial charge in [-0.2, -0.15) is 0 Å². The molecule has 0 amide bonds. The third-order valence-electron chi connectivity index (χ3n) is 3.67. The lowest BCUT2D eigenvalue weighted by Gasteiger charge is -2.16. The molecule has 2 N–H and O–H groups in total. The van der Waals surface area contributed by atoms with Crippen LogP contribution >= 0.6 is 0 Å². The number of imidazole rings is 1. The molecule has 0 bridgehead atoms. The van der Waals surface area contributed by atoms with Crippen LogP contribution in [0, 0.1) is 5.82 Å². The average molecular weight is 275 g/mol. The number of fused-ring (bicyclic) bond motifs is 1. The van der Waals surface area contributed by atoms with Gasteiger partial charge < -0.3 is 15.0 Å². The lowest BCUT2D eigenvalue weighted by atomic mass is 10.0. The van der Waals surface area contributed by atoms with Crippen LogP contribution in [-0.4, -0.2) is 16.2 Å². The molecule has 0 aliphatic heterocycles. The van der Waals surface area contributed by atoms with Crippen molar-refractivity contribution in [3.8, 4) is 11.4 Å². The number of anilines is 1. The zero-order chi connectivity index (χ0) is 14.1. The first-order valence-electron chi connectivity index (χ1n) is 6.98. The molecule has 0 radical (unpaired) electrons. The second-order valence-electron chi connectivity index (χ2n) is 4.99. The summed E-state index contributed by atoms with van der Waals surface area (Å²) < 4.78 is 21.0. The Bertz CT molecular complexity index is 636. The SMILES string of the molecule is CCOc1cc(-n2cnc3c2CCCC3)c(N)cc1F. The molecule has 1 aliphatic rings.